The summed E-state index contributed by atoms with van der Waals surface area (Å²) in [5.41, 5.74) is 5.02. The van der Waals surface area contributed by atoms with Gasteiger partial charge >= 0.3 is 0 Å². The highest BCUT2D eigenvalue weighted by Gasteiger charge is 2.01. The number of nitriles is 1. The van der Waals surface area contributed by atoms with Crippen molar-refractivity contribution in [2.45, 2.75) is 0 Å². The number of hydrogen-bond donors (Lipinski definition) is 0. The van der Waals surface area contributed by atoms with E-state index in [1.54, 1.807) is 0 Å². The highest BCUT2D eigenvalue weighted by atomic mass is 14.2. The fraction of sp³-hybridized carbons (Fsp3) is 0. The van der Waals surface area contributed by atoms with E-state index in [2.05, 4.69) is 30.3 Å². The summed E-state index contributed by atoms with van der Waals surface area (Å²) in [7, 11) is 0. The van der Waals surface area contributed by atoms with Gasteiger partial charge in [0.05, 0.1) is 11.6 Å². The van der Waals surface area contributed by atoms with Gasteiger partial charge in [-0.25, -0.2) is 0 Å². The first kappa shape index (κ1) is 13.9. The van der Waals surface area contributed by atoms with Crippen LogP contribution >= 0.6 is 0 Å². The van der Waals surface area contributed by atoms with Crippen molar-refractivity contribution in [3.05, 3.63) is 96.1 Å². The summed E-state index contributed by atoms with van der Waals surface area (Å²) in [6.45, 7) is 0. The van der Waals surface area contributed by atoms with Gasteiger partial charge in [0.2, 0.25) is 0 Å². The highest BCUT2D eigenvalue weighted by Crippen LogP contribution is 2.22. The number of rotatable bonds is 3. The molecular weight excluding hydrogens is 266 g/mol. The molecule has 0 aliphatic rings. The molecule has 0 aliphatic heterocycles. The summed E-state index contributed by atoms with van der Waals surface area (Å²) in [6, 6.07) is 30.5. The van der Waals surface area contributed by atoms with Gasteiger partial charge in [-0.1, -0.05) is 84.9 Å². The largest absolute Gasteiger partial charge is 0.192 e. The van der Waals surface area contributed by atoms with Crippen LogP contribution < -0.4 is 0 Å². The van der Waals surface area contributed by atoms with Crippen LogP contribution in [0.2, 0.25) is 0 Å². The van der Waals surface area contributed by atoms with Gasteiger partial charge in [0.15, 0.2) is 0 Å². The number of hydrogen-bond acceptors (Lipinski definition) is 1. The summed E-state index contributed by atoms with van der Waals surface area (Å²) in [6.07, 6.45) is 1.92. The van der Waals surface area contributed by atoms with Crippen LogP contribution in [0, 0.1) is 11.3 Å². The highest BCUT2D eigenvalue weighted by molar-refractivity contribution is 5.89. The lowest BCUT2D eigenvalue weighted by Gasteiger charge is -2.03. The third kappa shape index (κ3) is 3.13. The summed E-state index contributed by atoms with van der Waals surface area (Å²) < 4.78 is 0. The monoisotopic (exact) mass is 281 g/mol. The Morgan fingerprint density at radius 1 is 0.682 bits per heavy atom. The molecule has 3 aromatic rings. The van der Waals surface area contributed by atoms with Crippen molar-refractivity contribution >= 4 is 11.6 Å². The van der Waals surface area contributed by atoms with Gasteiger partial charge in [-0.2, -0.15) is 5.26 Å². The van der Waals surface area contributed by atoms with E-state index in [1.165, 1.54) is 11.1 Å². The molecule has 22 heavy (non-hydrogen) atoms. The predicted octanol–water partition coefficient (Wildman–Crippen LogP) is 5.42. The zero-order valence-electron chi connectivity index (χ0n) is 12.1. The van der Waals surface area contributed by atoms with Crippen molar-refractivity contribution in [1.29, 1.82) is 5.26 Å². The fourth-order valence-electron chi connectivity index (χ4n) is 2.37. The molecule has 0 saturated heterocycles. The van der Waals surface area contributed by atoms with Gasteiger partial charge < -0.3 is 0 Å². The molecule has 0 N–H and O–H groups in total. The Balaban J connectivity index is 1.90. The van der Waals surface area contributed by atoms with Gasteiger partial charge in [0.1, 0.15) is 0 Å². The van der Waals surface area contributed by atoms with Gasteiger partial charge in [0, 0.05) is 0 Å². The Hall–Kier alpha value is -3.11. The van der Waals surface area contributed by atoms with Crippen LogP contribution in [0.4, 0.5) is 0 Å². The standard InChI is InChI=1S/C21H15N/c22-16-21(19-9-5-2-6-10-19)15-17-11-13-20(14-12-17)18-7-3-1-4-8-18/h1-15H. The molecule has 0 atom stereocenters. The van der Waals surface area contributed by atoms with E-state index in [-0.39, 0.29) is 0 Å². The smallest absolute Gasteiger partial charge is 0.0998 e. The van der Waals surface area contributed by atoms with E-state index < -0.39 is 0 Å². The second-order valence-electron chi connectivity index (χ2n) is 5.02. The van der Waals surface area contributed by atoms with Crippen molar-refractivity contribution in [1.82, 2.24) is 0 Å². The summed E-state index contributed by atoms with van der Waals surface area (Å²) in [5.74, 6) is 0. The van der Waals surface area contributed by atoms with Gasteiger partial charge in [-0.3, -0.25) is 0 Å². The summed E-state index contributed by atoms with van der Waals surface area (Å²) >= 11 is 0. The minimum absolute atomic E-state index is 0.674. The van der Waals surface area contributed by atoms with Crippen molar-refractivity contribution in [2.24, 2.45) is 0 Å². The van der Waals surface area contributed by atoms with Gasteiger partial charge in [-0.15, -0.1) is 0 Å². The van der Waals surface area contributed by atoms with Gasteiger partial charge in [0.25, 0.3) is 0 Å². The Kier molecular flexibility index (Phi) is 4.13. The molecule has 0 aromatic heterocycles. The second-order valence-corrected chi connectivity index (χ2v) is 5.02. The van der Waals surface area contributed by atoms with E-state index in [4.69, 9.17) is 0 Å². The van der Waals surface area contributed by atoms with Crippen molar-refractivity contribution < 1.29 is 0 Å². The molecule has 0 saturated carbocycles. The van der Waals surface area contributed by atoms with E-state index in [1.807, 2.05) is 66.7 Å². The third-order valence-electron chi connectivity index (χ3n) is 3.53. The SMILES string of the molecule is N#CC(=Cc1ccc(-c2ccccc2)cc1)c1ccccc1. The molecule has 3 rings (SSSR count). The van der Waals surface area contributed by atoms with Crippen LogP contribution in [0.1, 0.15) is 11.1 Å². The fourth-order valence-corrected chi connectivity index (χ4v) is 2.37. The van der Waals surface area contributed by atoms with Crippen molar-refractivity contribution in [3.63, 3.8) is 0 Å². The third-order valence-corrected chi connectivity index (χ3v) is 3.53. The molecule has 0 aliphatic carbocycles. The molecule has 1 nitrogen and oxygen atoms in total. The van der Waals surface area contributed by atoms with Gasteiger partial charge in [-0.05, 0) is 28.3 Å². The van der Waals surface area contributed by atoms with Crippen molar-refractivity contribution in [3.8, 4) is 17.2 Å². The van der Waals surface area contributed by atoms with Crippen LogP contribution in [-0.2, 0) is 0 Å². The Morgan fingerprint density at radius 3 is 1.82 bits per heavy atom. The van der Waals surface area contributed by atoms with Crippen molar-refractivity contribution in [2.75, 3.05) is 0 Å². The zero-order valence-corrected chi connectivity index (χ0v) is 12.1. The first-order valence-corrected chi connectivity index (χ1v) is 7.19. The average molecular weight is 281 g/mol. The van der Waals surface area contributed by atoms with Crippen LogP contribution in [-0.4, -0.2) is 0 Å². The first-order valence-electron chi connectivity index (χ1n) is 7.19. The minimum atomic E-state index is 0.674. The molecule has 0 fully saturated rings. The molecule has 0 amide bonds. The van der Waals surface area contributed by atoms with E-state index in [9.17, 15) is 5.26 Å². The Morgan fingerprint density at radius 2 is 1.23 bits per heavy atom. The number of nitrogens with zero attached hydrogens (tertiary/aromatic N) is 1. The molecule has 0 unspecified atom stereocenters. The van der Waals surface area contributed by atoms with Crippen LogP contribution in [0.15, 0.2) is 84.9 Å². The lowest BCUT2D eigenvalue weighted by Crippen LogP contribution is -1.82. The molecular formula is C21H15N. The topological polar surface area (TPSA) is 23.8 Å². The zero-order chi connectivity index (χ0) is 15.2. The minimum Gasteiger partial charge on any atom is -0.192 e. The maximum absolute atomic E-state index is 9.36. The van der Waals surface area contributed by atoms with Crippen LogP contribution in [0.25, 0.3) is 22.8 Å². The lowest BCUT2D eigenvalue weighted by molar-refractivity contribution is 1.52. The lowest BCUT2D eigenvalue weighted by atomic mass is 10.0. The van der Waals surface area contributed by atoms with Crippen LogP contribution in [0.3, 0.4) is 0 Å². The van der Waals surface area contributed by atoms with E-state index in [0.29, 0.717) is 5.57 Å². The molecule has 0 heterocycles. The molecule has 3 aromatic carbocycles. The second kappa shape index (κ2) is 6.56. The number of benzene rings is 3. The van der Waals surface area contributed by atoms with E-state index >= 15 is 0 Å². The average Bonchev–Trinajstić information content (AvgIpc) is 2.62. The Labute approximate surface area is 130 Å². The number of allylic oxidation sites excluding steroid dienone is 1. The van der Waals surface area contributed by atoms with Crippen LogP contribution in [0.5, 0.6) is 0 Å². The first-order chi connectivity index (χ1) is 10.9. The normalized spacial score (nSPS) is 11.0. The van der Waals surface area contributed by atoms with E-state index in [0.717, 1.165) is 11.1 Å². The summed E-state index contributed by atoms with van der Waals surface area (Å²) in [5, 5.41) is 9.36. The maximum atomic E-state index is 9.36. The Bertz CT molecular complexity index is 807. The molecule has 104 valence electrons. The molecule has 0 radical (unpaired) electrons. The predicted molar refractivity (Wildman–Crippen MR) is 91.8 cm³/mol. The summed E-state index contributed by atoms with van der Waals surface area (Å²) in [4.78, 5) is 0. The molecule has 1 heteroatoms. The molecule has 0 bridgehead atoms. The quantitative estimate of drug-likeness (QED) is 0.464. The maximum Gasteiger partial charge on any atom is 0.0998 e. The molecule has 0 spiro atoms.